The first kappa shape index (κ1) is 11.8. The van der Waals surface area contributed by atoms with Gasteiger partial charge >= 0.3 is 5.97 Å². The van der Waals surface area contributed by atoms with E-state index in [1.165, 1.54) is 25.1 Å². The minimum atomic E-state index is -1.25. The molecule has 1 N–H and O–H groups in total. The zero-order valence-corrected chi connectivity index (χ0v) is 8.47. The molecule has 0 bridgehead atoms. The molecule has 0 aliphatic rings. The number of benzene rings is 1. The maximum Gasteiger partial charge on any atom is 0.311 e. The molecule has 0 aliphatic heterocycles. The molecule has 1 aromatic rings. The number of carboxylic acids is 1. The van der Waals surface area contributed by atoms with E-state index < -0.39 is 23.1 Å². The van der Waals surface area contributed by atoms with Crippen LogP contribution >= 0.6 is 0 Å². The molecule has 0 unspecified atom stereocenters. The van der Waals surface area contributed by atoms with Crippen LogP contribution in [0.25, 0.3) is 0 Å². The number of hydrogen-bond donors (Lipinski definition) is 1. The van der Waals surface area contributed by atoms with Gasteiger partial charge in [0.1, 0.15) is 6.42 Å². The van der Waals surface area contributed by atoms with E-state index in [9.17, 15) is 19.7 Å². The highest BCUT2D eigenvalue weighted by Crippen LogP contribution is 2.21. The van der Waals surface area contributed by atoms with E-state index in [2.05, 4.69) is 0 Å². The molecule has 0 heterocycles. The Kier molecular flexibility index (Phi) is 3.34. The number of rotatable bonds is 4. The standard InChI is InChI=1S/C10H9NO5/c1-6-7(9(12)5-10(13)14)3-2-4-8(6)11(15)16/h2-4H,5H2,1H3,(H,13,14). The summed E-state index contributed by atoms with van der Waals surface area (Å²) >= 11 is 0. The van der Waals surface area contributed by atoms with Crippen molar-refractivity contribution < 1.29 is 19.6 Å². The first-order chi connectivity index (χ1) is 7.43. The van der Waals surface area contributed by atoms with Gasteiger partial charge < -0.3 is 5.11 Å². The number of aliphatic carboxylic acids is 1. The maximum absolute atomic E-state index is 11.4. The van der Waals surface area contributed by atoms with Gasteiger partial charge in [0.05, 0.1) is 4.92 Å². The van der Waals surface area contributed by atoms with Crippen LogP contribution in [0.2, 0.25) is 0 Å². The maximum atomic E-state index is 11.4. The Labute approximate surface area is 90.7 Å². The van der Waals surface area contributed by atoms with Gasteiger partial charge in [0.15, 0.2) is 5.78 Å². The summed E-state index contributed by atoms with van der Waals surface area (Å²) in [4.78, 5) is 31.8. The highest BCUT2D eigenvalue weighted by molar-refractivity contribution is 6.06. The Morgan fingerprint density at radius 3 is 2.56 bits per heavy atom. The minimum absolute atomic E-state index is 0.0802. The Balaban J connectivity index is 3.15. The first-order valence-corrected chi connectivity index (χ1v) is 4.42. The van der Waals surface area contributed by atoms with E-state index in [-0.39, 0.29) is 16.8 Å². The van der Waals surface area contributed by atoms with Gasteiger partial charge in [0.2, 0.25) is 0 Å². The van der Waals surface area contributed by atoms with Crippen molar-refractivity contribution in [2.24, 2.45) is 0 Å². The van der Waals surface area contributed by atoms with Gasteiger partial charge in [-0.2, -0.15) is 0 Å². The molecule has 0 spiro atoms. The van der Waals surface area contributed by atoms with Crippen LogP contribution in [0, 0.1) is 17.0 Å². The molecule has 1 aromatic carbocycles. The third-order valence-electron chi connectivity index (χ3n) is 2.11. The third kappa shape index (κ3) is 2.41. The molecule has 6 nitrogen and oxygen atoms in total. The summed E-state index contributed by atoms with van der Waals surface area (Å²) in [5.41, 5.74) is 0.0894. The molecule has 0 saturated heterocycles. The van der Waals surface area contributed by atoms with Crippen LogP contribution in [0.15, 0.2) is 18.2 Å². The molecular formula is C10H9NO5. The van der Waals surface area contributed by atoms with Gasteiger partial charge in [-0.3, -0.25) is 19.7 Å². The lowest BCUT2D eigenvalue weighted by atomic mass is 10.0. The fourth-order valence-electron chi connectivity index (χ4n) is 1.36. The summed E-state index contributed by atoms with van der Waals surface area (Å²) in [5, 5.41) is 19.1. The number of ketones is 1. The average molecular weight is 223 g/mol. The fourth-order valence-corrected chi connectivity index (χ4v) is 1.36. The van der Waals surface area contributed by atoms with Crippen molar-refractivity contribution in [3.63, 3.8) is 0 Å². The number of carbonyl (C=O) groups excluding carboxylic acids is 1. The smallest absolute Gasteiger partial charge is 0.311 e. The van der Waals surface area contributed by atoms with Crippen molar-refractivity contribution in [3.8, 4) is 0 Å². The van der Waals surface area contributed by atoms with Crippen molar-refractivity contribution in [2.45, 2.75) is 13.3 Å². The molecular weight excluding hydrogens is 214 g/mol. The van der Waals surface area contributed by atoms with Gasteiger partial charge in [-0.1, -0.05) is 12.1 Å². The van der Waals surface area contributed by atoms with Crippen LogP contribution < -0.4 is 0 Å². The number of hydrogen-bond acceptors (Lipinski definition) is 4. The zero-order chi connectivity index (χ0) is 12.3. The molecule has 0 atom stereocenters. The minimum Gasteiger partial charge on any atom is -0.481 e. The molecule has 84 valence electrons. The summed E-state index contributed by atoms with van der Waals surface area (Å²) in [5.74, 6) is -1.88. The monoisotopic (exact) mass is 223 g/mol. The van der Waals surface area contributed by atoms with Gasteiger partial charge in [-0.15, -0.1) is 0 Å². The molecule has 1 rings (SSSR count). The van der Waals surface area contributed by atoms with Crippen molar-refractivity contribution >= 4 is 17.4 Å². The van der Waals surface area contributed by atoms with Crippen LogP contribution in [0.3, 0.4) is 0 Å². The van der Waals surface area contributed by atoms with Gasteiger partial charge in [0.25, 0.3) is 5.69 Å². The first-order valence-electron chi connectivity index (χ1n) is 4.42. The van der Waals surface area contributed by atoms with E-state index in [1.54, 1.807) is 0 Å². The van der Waals surface area contributed by atoms with Crippen LogP contribution in [-0.2, 0) is 4.79 Å². The Bertz CT molecular complexity index is 466. The summed E-state index contributed by atoms with van der Waals surface area (Å²) in [7, 11) is 0. The number of nitro benzene ring substituents is 1. The Morgan fingerprint density at radius 1 is 1.44 bits per heavy atom. The second-order valence-corrected chi connectivity index (χ2v) is 3.20. The molecule has 0 aromatic heterocycles. The largest absolute Gasteiger partial charge is 0.481 e. The molecule has 0 saturated carbocycles. The predicted molar refractivity (Wildman–Crippen MR) is 54.4 cm³/mol. The Morgan fingerprint density at radius 2 is 2.06 bits per heavy atom. The summed E-state index contributed by atoms with van der Waals surface area (Å²) in [6, 6.07) is 4.01. The summed E-state index contributed by atoms with van der Waals surface area (Å²) < 4.78 is 0. The van der Waals surface area contributed by atoms with E-state index in [4.69, 9.17) is 5.11 Å². The lowest BCUT2D eigenvalue weighted by Crippen LogP contribution is -2.09. The molecule has 0 aliphatic carbocycles. The molecule has 0 amide bonds. The van der Waals surface area contributed by atoms with Crippen molar-refractivity contribution in [2.75, 3.05) is 0 Å². The van der Waals surface area contributed by atoms with Crippen molar-refractivity contribution in [1.29, 1.82) is 0 Å². The van der Waals surface area contributed by atoms with E-state index in [0.29, 0.717) is 0 Å². The highest BCUT2D eigenvalue weighted by Gasteiger charge is 2.19. The number of Topliss-reactive ketones (excluding diaryl/α,β-unsaturated/α-hetero) is 1. The molecule has 16 heavy (non-hydrogen) atoms. The third-order valence-corrected chi connectivity index (χ3v) is 2.11. The van der Waals surface area contributed by atoms with Crippen molar-refractivity contribution in [3.05, 3.63) is 39.4 Å². The number of carboxylic acid groups (broad SMARTS) is 1. The van der Waals surface area contributed by atoms with E-state index in [0.717, 1.165) is 0 Å². The molecule has 0 radical (unpaired) electrons. The van der Waals surface area contributed by atoms with Crippen molar-refractivity contribution in [1.82, 2.24) is 0 Å². The van der Waals surface area contributed by atoms with Crippen LogP contribution in [0.5, 0.6) is 0 Å². The molecule has 6 heteroatoms. The van der Waals surface area contributed by atoms with Gasteiger partial charge in [-0.25, -0.2) is 0 Å². The zero-order valence-electron chi connectivity index (χ0n) is 8.47. The van der Waals surface area contributed by atoms with Crippen LogP contribution in [0.4, 0.5) is 5.69 Å². The molecule has 0 fully saturated rings. The average Bonchev–Trinajstić information content (AvgIpc) is 2.16. The SMILES string of the molecule is Cc1c(C(=O)CC(=O)O)cccc1[N+](=O)[O-]. The number of carbonyl (C=O) groups is 2. The lowest BCUT2D eigenvalue weighted by Gasteiger charge is -2.03. The van der Waals surface area contributed by atoms with E-state index >= 15 is 0 Å². The normalized spacial score (nSPS) is 9.81. The number of nitrogens with zero attached hydrogens (tertiary/aromatic N) is 1. The van der Waals surface area contributed by atoms with Gasteiger partial charge in [0, 0.05) is 17.2 Å². The second kappa shape index (κ2) is 4.52. The fraction of sp³-hybridized carbons (Fsp3) is 0.200. The quantitative estimate of drug-likeness (QED) is 0.361. The summed E-state index contributed by atoms with van der Waals surface area (Å²) in [6.07, 6.45) is -0.665. The highest BCUT2D eigenvalue weighted by atomic mass is 16.6. The second-order valence-electron chi connectivity index (χ2n) is 3.20. The van der Waals surface area contributed by atoms with E-state index in [1.807, 2.05) is 0 Å². The lowest BCUT2D eigenvalue weighted by molar-refractivity contribution is -0.385. The Hall–Kier alpha value is -2.24. The topological polar surface area (TPSA) is 97.5 Å². The van der Waals surface area contributed by atoms with Crippen LogP contribution in [0.1, 0.15) is 22.3 Å². The number of nitro groups is 1. The predicted octanol–water partition coefficient (Wildman–Crippen LogP) is 1.56. The van der Waals surface area contributed by atoms with Crippen LogP contribution in [-0.4, -0.2) is 21.8 Å². The summed E-state index contributed by atoms with van der Waals surface area (Å²) in [6.45, 7) is 1.42. The van der Waals surface area contributed by atoms with Gasteiger partial charge in [-0.05, 0) is 6.92 Å².